The second kappa shape index (κ2) is 9.16. The maximum atomic E-state index is 12.8. The number of nitrogens with zero attached hydrogens (tertiary/aromatic N) is 1. The Balaban J connectivity index is 1.71. The number of sulfonamides is 1. The smallest absolute Gasteiger partial charge is 0.251 e. The third kappa shape index (κ3) is 5.08. The minimum Gasteiger partial charge on any atom is -0.495 e. The zero-order valence-corrected chi connectivity index (χ0v) is 16.7. The highest BCUT2D eigenvalue weighted by Crippen LogP contribution is 2.27. The van der Waals surface area contributed by atoms with Gasteiger partial charge in [0.05, 0.1) is 7.11 Å². The number of hydrogen-bond donors (Lipinski definition) is 2. The molecule has 1 aromatic heterocycles. The maximum Gasteiger partial charge on any atom is 0.251 e. The van der Waals surface area contributed by atoms with Crippen molar-refractivity contribution in [3.05, 3.63) is 53.9 Å². The second-order valence-corrected chi connectivity index (χ2v) is 8.48. The third-order valence-corrected chi connectivity index (χ3v) is 6.33. The molecule has 1 aromatic carbocycles. The van der Waals surface area contributed by atoms with Crippen molar-refractivity contribution >= 4 is 15.9 Å². The summed E-state index contributed by atoms with van der Waals surface area (Å²) in [6, 6.07) is 9.99. The molecule has 28 heavy (non-hydrogen) atoms. The molecule has 7 nitrogen and oxygen atoms in total. The molecule has 150 valence electrons. The van der Waals surface area contributed by atoms with Crippen molar-refractivity contribution in [2.75, 3.05) is 13.7 Å². The van der Waals surface area contributed by atoms with E-state index in [1.807, 2.05) is 18.2 Å². The van der Waals surface area contributed by atoms with E-state index in [1.54, 1.807) is 12.3 Å². The topological polar surface area (TPSA) is 97.4 Å². The second-order valence-electron chi connectivity index (χ2n) is 6.80. The van der Waals surface area contributed by atoms with Gasteiger partial charge in [-0.15, -0.1) is 0 Å². The monoisotopic (exact) mass is 403 g/mol. The van der Waals surface area contributed by atoms with Crippen molar-refractivity contribution < 1.29 is 17.9 Å². The lowest BCUT2D eigenvalue weighted by Crippen LogP contribution is -2.33. The van der Waals surface area contributed by atoms with Gasteiger partial charge in [0.2, 0.25) is 10.0 Å². The number of rotatable bonds is 8. The summed E-state index contributed by atoms with van der Waals surface area (Å²) in [7, 11) is -2.36. The summed E-state index contributed by atoms with van der Waals surface area (Å²) < 4.78 is 33.6. The van der Waals surface area contributed by atoms with Crippen LogP contribution in [-0.4, -0.2) is 39.0 Å². The SMILES string of the molecule is COc1ccc(C(=O)NCCc2ccccn2)cc1S(=O)(=O)NC1CCCC1. The standard InChI is InChI=1S/C20H25N3O4S/c1-27-18-10-9-15(20(24)22-13-11-16-6-4-5-12-21-16)14-19(18)28(25,26)23-17-7-2-3-8-17/h4-6,9-10,12,14,17,23H,2-3,7-8,11,13H2,1H3,(H,22,24). The average Bonchev–Trinajstić information content (AvgIpc) is 3.20. The van der Waals surface area contributed by atoms with Crippen LogP contribution in [0, 0.1) is 0 Å². The van der Waals surface area contributed by atoms with Gasteiger partial charge in [-0.1, -0.05) is 18.9 Å². The van der Waals surface area contributed by atoms with Crippen molar-refractivity contribution in [2.45, 2.75) is 43.0 Å². The van der Waals surface area contributed by atoms with Crippen LogP contribution >= 0.6 is 0 Å². The number of aromatic nitrogens is 1. The summed E-state index contributed by atoms with van der Waals surface area (Å²) in [6.45, 7) is 0.407. The Hall–Kier alpha value is -2.45. The van der Waals surface area contributed by atoms with E-state index in [2.05, 4.69) is 15.0 Å². The first-order valence-corrected chi connectivity index (χ1v) is 10.9. The number of methoxy groups -OCH3 is 1. The molecule has 0 spiro atoms. The summed E-state index contributed by atoms with van der Waals surface area (Å²) in [5.41, 5.74) is 1.15. The van der Waals surface area contributed by atoms with E-state index >= 15 is 0 Å². The third-order valence-electron chi connectivity index (χ3n) is 4.79. The lowest BCUT2D eigenvalue weighted by atomic mass is 10.2. The van der Waals surface area contributed by atoms with Gasteiger partial charge in [0.1, 0.15) is 10.6 Å². The molecular weight excluding hydrogens is 378 g/mol. The zero-order chi connectivity index (χ0) is 20.0. The Morgan fingerprint density at radius 2 is 2.00 bits per heavy atom. The predicted molar refractivity (Wildman–Crippen MR) is 106 cm³/mol. The molecule has 2 N–H and O–H groups in total. The molecule has 0 aliphatic heterocycles. The lowest BCUT2D eigenvalue weighted by Gasteiger charge is -2.15. The van der Waals surface area contributed by atoms with Crippen molar-refractivity contribution in [1.82, 2.24) is 15.0 Å². The fraction of sp³-hybridized carbons (Fsp3) is 0.400. The van der Waals surface area contributed by atoms with Crippen molar-refractivity contribution in [3.8, 4) is 5.75 Å². The first kappa shape index (κ1) is 20.3. The van der Waals surface area contributed by atoms with Crippen LogP contribution in [-0.2, 0) is 16.4 Å². The van der Waals surface area contributed by atoms with Gasteiger partial charge in [0.15, 0.2) is 0 Å². The van der Waals surface area contributed by atoms with Gasteiger partial charge in [-0.25, -0.2) is 13.1 Å². The van der Waals surface area contributed by atoms with Crippen LogP contribution in [0.2, 0.25) is 0 Å². The summed E-state index contributed by atoms with van der Waals surface area (Å²) >= 11 is 0. The van der Waals surface area contributed by atoms with E-state index in [4.69, 9.17) is 4.74 Å². The summed E-state index contributed by atoms with van der Waals surface area (Å²) in [5.74, 6) is -0.119. The molecule has 1 heterocycles. The average molecular weight is 404 g/mol. The van der Waals surface area contributed by atoms with E-state index in [0.717, 1.165) is 31.4 Å². The van der Waals surface area contributed by atoms with Gasteiger partial charge in [0, 0.05) is 36.5 Å². The fourth-order valence-electron chi connectivity index (χ4n) is 3.31. The Morgan fingerprint density at radius 3 is 2.68 bits per heavy atom. The molecule has 1 aliphatic carbocycles. The quantitative estimate of drug-likeness (QED) is 0.705. The largest absolute Gasteiger partial charge is 0.495 e. The number of benzene rings is 1. The molecule has 0 bridgehead atoms. The van der Waals surface area contributed by atoms with Crippen LogP contribution in [0.15, 0.2) is 47.5 Å². The fourth-order valence-corrected chi connectivity index (χ4v) is 4.81. The first-order valence-electron chi connectivity index (χ1n) is 9.38. The number of ether oxygens (including phenoxy) is 1. The molecule has 2 aromatic rings. The minimum absolute atomic E-state index is 0.0146. The van der Waals surface area contributed by atoms with Crippen LogP contribution < -0.4 is 14.8 Å². The van der Waals surface area contributed by atoms with Crippen LogP contribution in [0.1, 0.15) is 41.7 Å². The number of amides is 1. The number of carbonyl (C=O) groups excluding carboxylic acids is 1. The van der Waals surface area contributed by atoms with Crippen LogP contribution in [0.5, 0.6) is 5.75 Å². The molecule has 0 unspecified atom stereocenters. The summed E-state index contributed by atoms with van der Waals surface area (Å²) in [6.07, 6.45) is 5.99. The molecule has 0 saturated heterocycles. The Morgan fingerprint density at radius 1 is 1.21 bits per heavy atom. The van der Waals surface area contributed by atoms with Gasteiger partial charge in [-0.05, 0) is 43.2 Å². The van der Waals surface area contributed by atoms with E-state index in [-0.39, 0.29) is 28.2 Å². The normalized spacial score (nSPS) is 14.8. The van der Waals surface area contributed by atoms with Crippen LogP contribution in [0.25, 0.3) is 0 Å². The van der Waals surface area contributed by atoms with Crippen LogP contribution in [0.3, 0.4) is 0 Å². The van der Waals surface area contributed by atoms with Gasteiger partial charge in [0.25, 0.3) is 5.91 Å². The molecule has 1 amide bonds. The highest BCUT2D eigenvalue weighted by atomic mass is 32.2. The highest BCUT2D eigenvalue weighted by Gasteiger charge is 2.26. The molecule has 1 aliphatic rings. The van der Waals surface area contributed by atoms with E-state index in [0.29, 0.717) is 13.0 Å². The van der Waals surface area contributed by atoms with Gasteiger partial charge < -0.3 is 10.1 Å². The van der Waals surface area contributed by atoms with Crippen molar-refractivity contribution in [1.29, 1.82) is 0 Å². The molecular formula is C20H25N3O4S. The van der Waals surface area contributed by atoms with Crippen molar-refractivity contribution in [2.24, 2.45) is 0 Å². The lowest BCUT2D eigenvalue weighted by molar-refractivity contribution is 0.0954. The zero-order valence-electron chi connectivity index (χ0n) is 15.8. The highest BCUT2D eigenvalue weighted by molar-refractivity contribution is 7.89. The van der Waals surface area contributed by atoms with E-state index in [9.17, 15) is 13.2 Å². The Bertz CT molecular complexity index is 910. The Kier molecular flexibility index (Phi) is 6.64. The Labute approximate surface area is 165 Å². The summed E-state index contributed by atoms with van der Waals surface area (Å²) in [5, 5.41) is 2.80. The number of hydrogen-bond acceptors (Lipinski definition) is 5. The van der Waals surface area contributed by atoms with Gasteiger partial charge in [-0.2, -0.15) is 0 Å². The van der Waals surface area contributed by atoms with Gasteiger partial charge in [-0.3, -0.25) is 9.78 Å². The molecule has 8 heteroatoms. The minimum atomic E-state index is -3.77. The molecule has 3 rings (SSSR count). The molecule has 1 fully saturated rings. The predicted octanol–water partition coefficient (Wildman–Crippen LogP) is 2.28. The molecule has 1 saturated carbocycles. The molecule has 0 atom stereocenters. The van der Waals surface area contributed by atoms with Crippen molar-refractivity contribution in [3.63, 3.8) is 0 Å². The summed E-state index contributed by atoms with van der Waals surface area (Å²) in [4.78, 5) is 16.7. The number of carbonyl (C=O) groups is 1. The van der Waals surface area contributed by atoms with Gasteiger partial charge >= 0.3 is 0 Å². The number of nitrogens with one attached hydrogen (secondary N) is 2. The first-order chi connectivity index (χ1) is 13.5. The van der Waals surface area contributed by atoms with E-state index < -0.39 is 10.0 Å². The van der Waals surface area contributed by atoms with E-state index in [1.165, 1.54) is 19.2 Å². The molecule has 0 radical (unpaired) electrons. The number of pyridine rings is 1. The van der Waals surface area contributed by atoms with Crippen LogP contribution in [0.4, 0.5) is 0 Å². The maximum absolute atomic E-state index is 12.8.